The minimum Gasteiger partial charge on any atom is -0.548 e. The highest BCUT2D eigenvalue weighted by Crippen LogP contribution is 2.19. The molecule has 2 amide bonds. The third-order valence-corrected chi connectivity index (χ3v) is 2.94. The molecule has 5 heteroatoms. The highest BCUT2D eigenvalue weighted by Gasteiger charge is 2.35. The topological polar surface area (TPSA) is 77.5 Å². The van der Waals surface area contributed by atoms with Crippen molar-refractivity contribution < 1.29 is 19.5 Å². The highest BCUT2D eigenvalue weighted by atomic mass is 16.4. The number of benzene rings is 1. The van der Waals surface area contributed by atoms with Crippen molar-refractivity contribution in [1.82, 2.24) is 4.90 Å². The number of hydrogen-bond donors (Lipinski definition) is 0. The van der Waals surface area contributed by atoms with Crippen LogP contribution < -0.4 is 5.11 Å². The summed E-state index contributed by atoms with van der Waals surface area (Å²) in [7, 11) is 0. The maximum absolute atomic E-state index is 11.9. The predicted molar refractivity (Wildman–Crippen MR) is 65.4 cm³/mol. The standard InChI is InChI=1S/C14H13NO4/c16-12(8-6-10-4-2-1-3-5-10)15-11(14(18)19)7-9-13(15)17/h1-6,8,11H,7,9H2,(H,18,19)/p-1/b8-6+/t11-/m0/s1. The number of nitrogens with zero attached hydrogens (tertiary/aromatic N) is 1. The molecule has 1 aliphatic heterocycles. The fourth-order valence-corrected chi connectivity index (χ4v) is 2.00. The lowest BCUT2D eigenvalue weighted by Gasteiger charge is -2.22. The summed E-state index contributed by atoms with van der Waals surface area (Å²) in [6, 6.07) is 7.91. The second-order valence-electron chi connectivity index (χ2n) is 4.22. The normalized spacial score (nSPS) is 19.1. The van der Waals surface area contributed by atoms with Crippen molar-refractivity contribution in [3.8, 4) is 0 Å². The van der Waals surface area contributed by atoms with E-state index >= 15 is 0 Å². The van der Waals surface area contributed by atoms with Crippen molar-refractivity contribution >= 4 is 23.9 Å². The zero-order valence-corrected chi connectivity index (χ0v) is 10.1. The summed E-state index contributed by atoms with van der Waals surface area (Å²) >= 11 is 0. The smallest absolute Gasteiger partial charge is 0.253 e. The minimum atomic E-state index is -1.40. The number of carboxylic acids is 1. The van der Waals surface area contributed by atoms with E-state index in [1.807, 2.05) is 18.2 Å². The van der Waals surface area contributed by atoms with Crippen LogP contribution in [0.25, 0.3) is 6.08 Å². The SMILES string of the molecule is O=C([O-])[C@@H]1CCC(=O)N1C(=O)/C=C/c1ccccc1. The number of carbonyl (C=O) groups excluding carboxylic acids is 3. The monoisotopic (exact) mass is 258 g/mol. The van der Waals surface area contributed by atoms with Crippen LogP contribution in [0.3, 0.4) is 0 Å². The third kappa shape index (κ3) is 2.88. The Labute approximate surface area is 110 Å². The fourth-order valence-electron chi connectivity index (χ4n) is 2.00. The molecule has 1 saturated heterocycles. The number of carboxylic acid groups (broad SMARTS) is 1. The molecule has 1 heterocycles. The first-order valence-corrected chi connectivity index (χ1v) is 5.89. The quantitative estimate of drug-likeness (QED) is 0.713. The van der Waals surface area contributed by atoms with Gasteiger partial charge in [-0.15, -0.1) is 0 Å². The van der Waals surface area contributed by atoms with E-state index in [2.05, 4.69) is 0 Å². The minimum absolute atomic E-state index is 0.0591. The van der Waals surface area contributed by atoms with Crippen molar-refractivity contribution in [2.45, 2.75) is 18.9 Å². The number of likely N-dealkylation sites (tertiary alicyclic amines) is 1. The molecule has 1 aliphatic rings. The van der Waals surface area contributed by atoms with Crippen LogP contribution in [0.5, 0.6) is 0 Å². The molecule has 98 valence electrons. The summed E-state index contributed by atoms with van der Waals surface area (Å²) in [4.78, 5) is 35.0. The molecule has 0 spiro atoms. The molecule has 0 bridgehead atoms. The Kier molecular flexibility index (Phi) is 3.75. The number of aliphatic carboxylic acids is 1. The Morgan fingerprint density at radius 3 is 2.58 bits per heavy atom. The Morgan fingerprint density at radius 1 is 1.26 bits per heavy atom. The van der Waals surface area contributed by atoms with Crippen LogP contribution >= 0.6 is 0 Å². The van der Waals surface area contributed by atoms with E-state index in [1.165, 1.54) is 6.08 Å². The summed E-state index contributed by atoms with van der Waals surface area (Å²) < 4.78 is 0. The van der Waals surface area contributed by atoms with E-state index in [0.29, 0.717) is 0 Å². The van der Waals surface area contributed by atoms with Gasteiger partial charge in [0.1, 0.15) is 0 Å². The van der Waals surface area contributed by atoms with Crippen molar-refractivity contribution in [3.63, 3.8) is 0 Å². The molecule has 0 N–H and O–H groups in total. The number of amides is 2. The van der Waals surface area contributed by atoms with Gasteiger partial charge >= 0.3 is 0 Å². The summed E-state index contributed by atoms with van der Waals surface area (Å²) in [6.07, 6.45) is 2.92. The van der Waals surface area contributed by atoms with E-state index < -0.39 is 23.8 Å². The van der Waals surface area contributed by atoms with Crippen LogP contribution in [0.1, 0.15) is 18.4 Å². The first-order chi connectivity index (χ1) is 9.09. The van der Waals surface area contributed by atoms with Gasteiger partial charge in [0, 0.05) is 12.5 Å². The van der Waals surface area contributed by atoms with Crippen molar-refractivity contribution in [1.29, 1.82) is 0 Å². The number of hydrogen-bond acceptors (Lipinski definition) is 4. The van der Waals surface area contributed by atoms with Gasteiger partial charge in [0.25, 0.3) is 5.91 Å². The molecule has 1 aromatic rings. The fraction of sp³-hybridized carbons (Fsp3) is 0.214. The molecule has 1 atom stereocenters. The lowest BCUT2D eigenvalue weighted by Crippen LogP contribution is -2.48. The van der Waals surface area contributed by atoms with E-state index in [1.54, 1.807) is 18.2 Å². The average Bonchev–Trinajstić information content (AvgIpc) is 2.79. The van der Waals surface area contributed by atoms with Gasteiger partial charge in [-0.2, -0.15) is 0 Å². The first-order valence-electron chi connectivity index (χ1n) is 5.89. The Hall–Kier alpha value is -2.43. The van der Waals surface area contributed by atoms with Crippen LogP contribution in [-0.2, 0) is 14.4 Å². The van der Waals surface area contributed by atoms with Gasteiger partial charge in [-0.25, -0.2) is 0 Å². The molecule has 0 aliphatic carbocycles. The zero-order chi connectivity index (χ0) is 13.8. The maximum atomic E-state index is 11.9. The second-order valence-corrected chi connectivity index (χ2v) is 4.22. The number of carbonyl (C=O) groups is 3. The predicted octanol–water partition coefficient (Wildman–Crippen LogP) is -0.0327. The van der Waals surface area contributed by atoms with E-state index in [-0.39, 0.29) is 12.8 Å². The molecular formula is C14H12NO4-. The van der Waals surface area contributed by atoms with Crippen LogP contribution in [0.2, 0.25) is 0 Å². The average molecular weight is 258 g/mol. The van der Waals surface area contributed by atoms with Gasteiger partial charge in [-0.05, 0) is 18.1 Å². The van der Waals surface area contributed by atoms with Gasteiger partial charge in [0.05, 0.1) is 12.0 Å². The third-order valence-electron chi connectivity index (χ3n) is 2.94. The van der Waals surface area contributed by atoms with E-state index in [0.717, 1.165) is 10.5 Å². The molecule has 2 rings (SSSR count). The molecule has 19 heavy (non-hydrogen) atoms. The van der Waals surface area contributed by atoms with E-state index in [4.69, 9.17) is 0 Å². The van der Waals surface area contributed by atoms with Gasteiger partial charge in [0.15, 0.2) is 0 Å². The largest absolute Gasteiger partial charge is 0.548 e. The number of imide groups is 1. The summed E-state index contributed by atoms with van der Waals surface area (Å²) in [5, 5.41) is 10.9. The molecule has 0 saturated carbocycles. The second kappa shape index (κ2) is 5.48. The Balaban J connectivity index is 2.13. The zero-order valence-electron chi connectivity index (χ0n) is 10.1. The van der Waals surface area contributed by atoms with Crippen LogP contribution in [0.4, 0.5) is 0 Å². The molecular weight excluding hydrogens is 246 g/mol. The highest BCUT2D eigenvalue weighted by molar-refractivity contribution is 6.06. The van der Waals surface area contributed by atoms with Gasteiger partial charge in [-0.1, -0.05) is 30.3 Å². The van der Waals surface area contributed by atoms with Crippen molar-refractivity contribution in [3.05, 3.63) is 42.0 Å². The molecule has 5 nitrogen and oxygen atoms in total. The van der Waals surface area contributed by atoms with Crippen LogP contribution in [0.15, 0.2) is 36.4 Å². The van der Waals surface area contributed by atoms with Gasteiger partial charge in [-0.3, -0.25) is 14.5 Å². The maximum Gasteiger partial charge on any atom is 0.253 e. The van der Waals surface area contributed by atoms with Crippen LogP contribution in [0, 0.1) is 0 Å². The molecule has 0 unspecified atom stereocenters. The van der Waals surface area contributed by atoms with Gasteiger partial charge in [0.2, 0.25) is 5.91 Å². The number of rotatable bonds is 3. The van der Waals surface area contributed by atoms with E-state index in [9.17, 15) is 19.5 Å². The Morgan fingerprint density at radius 2 is 1.95 bits per heavy atom. The van der Waals surface area contributed by atoms with Crippen molar-refractivity contribution in [2.24, 2.45) is 0 Å². The lowest BCUT2D eigenvalue weighted by atomic mass is 10.2. The molecule has 0 radical (unpaired) electrons. The molecule has 1 aromatic carbocycles. The summed E-state index contributed by atoms with van der Waals surface area (Å²) in [5.74, 6) is -2.50. The summed E-state index contributed by atoms with van der Waals surface area (Å²) in [6.45, 7) is 0. The summed E-state index contributed by atoms with van der Waals surface area (Å²) in [5.41, 5.74) is 0.799. The molecule has 1 fully saturated rings. The molecule has 0 aromatic heterocycles. The lowest BCUT2D eigenvalue weighted by molar-refractivity contribution is -0.310. The first kappa shape index (κ1) is 13.0. The van der Waals surface area contributed by atoms with Crippen LogP contribution in [-0.4, -0.2) is 28.7 Å². The Bertz CT molecular complexity index is 536. The van der Waals surface area contributed by atoms with Gasteiger partial charge < -0.3 is 9.90 Å². The van der Waals surface area contributed by atoms with Crippen molar-refractivity contribution in [2.75, 3.05) is 0 Å².